The highest BCUT2D eigenvalue weighted by Crippen LogP contribution is 2.32. The molecule has 1 aromatic heterocycles. The summed E-state index contributed by atoms with van der Waals surface area (Å²) in [5.74, 6) is -1.15. The fourth-order valence-corrected chi connectivity index (χ4v) is 3.09. The summed E-state index contributed by atoms with van der Waals surface area (Å²) < 4.78 is 24.9. The molecule has 7 heteroatoms. The van der Waals surface area contributed by atoms with Crippen LogP contribution >= 0.6 is 11.6 Å². The number of fused-ring (bicyclic) bond motifs is 1. The molecule has 0 spiro atoms. The van der Waals surface area contributed by atoms with E-state index in [9.17, 15) is 9.18 Å². The van der Waals surface area contributed by atoms with Crippen LogP contribution in [0, 0.1) is 5.82 Å². The van der Waals surface area contributed by atoms with Crippen LogP contribution in [0.2, 0.25) is 5.02 Å². The van der Waals surface area contributed by atoms with Gasteiger partial charge in [-0.05, 0) is 50.3 Å². The molecule has 27 heavy (non-hydrogen) atoms. The molecule has 0 aliphatic rings. The molecule has 0 aliphatic heterocycles. The van der Waals surface area contributed by atoms with Gasteiger partial charge in [-0.3, -0.25) is 0 Å². The second-order valence-electron chi connectivity index (χ2n) is 6.38. The Balaban J connectivity index is 1.93. The summed E-state index contributed by atoms with van der Waals surface area (Å²) in [6.45, 7) is 0.845. The minimum atomic E-state index is -0.866. The molecule has 0 atom stereocenters. The Hall–Kier alpha value is -2.57. The van der Waals surface area contributed by atoms with Gasteiger partial charge < -0.3 is 19.4 Å². The van der Waals surface area contributed by atoms with E-state index in [2.05, 4.69) is 9.88 Å². The molecule has 2 aromatic carbocycles. The Morgan fingerprint density at radius 2 is 2.00 bits per heavy atom. The van der Waals surface area contributed by atoms with Gasteiger partial charge in [0, 0.05) is 23.6 Å². The zero-order valence-corrected chi connectivity index (χ0v) is 16.1. The minimum absolute atomic E-state index is 0.157. The molecule has 1 heterocycles. The molecular formula is C20H20ClFN2O3. The van der Waals surface area contributed by atoms with E-state index in [0.717, 1.165) is 29.4 Å². The Kier molecular flexibility index (Phi) is 5.68. The van der Waals surface area contributed by atoms with Gasteiger partial charge in [0.25, 0.3) is 0 Å². The number of hydrogen-bond acceptors (Lipinski definition) is 4. The number of ether oxygens (including phenoxy) is 2. The SMILES string of the molecule is COc1ccc(C(=O)Oc2cccc3[nH]cc(CCN(C)C)c23)c(F)c1Cl. The van der Waals surface area contributed by atoms with Gasteiger partial charge in [-0.1, -0.05) is 17.7 Å². The third-order valence-electron chi connectivity index (χ3n) is 4.27. The van der Waals surface area contributed by atoms with Gasteiger partial charge in [-0.2, -0.15) is 0 Å². The molecule has 0 unspecified atom stereocenters. The zero-order valence-electron chi connectivity index (χ0n) is 15.3. The quantitative estimate of drug-likeness (QED) is 0.504. The van der Waals surface area contributed by atoms with Crippen molar-refractivity contribution in [1.29, 1.82) is 0 Å². The van der Waals surface area contributed by atoms with E-state index in [4.69, 9.17) is 21.1 Å². The smallest absolute Gasteiger partial charge is 0.346 e. The molecule has 0 fully saturated rings. The minimum Gasteiger partial charge on any atom is -0.495 e. The summed E-state index contributed by atoms with van der Waals surface area (Å²) in [7, 11) is 5.36. The normalized spacial score (nSPS) is 11.2. The van der Waals surface area contributed by atoms with Crippen molar-refractivity contribution >= 4 is 28.5 Å². The van der Waals surface area contributed by atoms with Crippen molar-refractivity contribution in [3.63, 3.8) is 0 Å². The first-order valence-electron chi connectivity index (χ1n) is 8.40. The second-order valence-corrected chi connectivity index (χ2v) is 6.76. The van der Waals surface area contributed by atoms with Gasteiger partial charge in [0.05, 0.1) is 12.7 Å². The molecule has 142 valence electrons. The molecule has 3 rings (SSSR count). The number of esters is 1. The highest BCUT2D eigenvalue weighted by Gasteiger charge is 2.21. The Morgan fingerprint density at radius 1 is 1.22 bits per heavy atom. The van der Waals surface area contributed by atoms with Gasteiger partial charge in [0.1, 0.15) is 16.5 Å². The van der Waals surface area contributed by atoms with Gasteiger partial charge in [-0.15, -0.1) is 0 Å². The summed E-state index contributed by atoms with van der Waals surface area (Å²) in [6.07, 6.45) is 2.68. The van der Waals surface area contributed by atoms with E-state index in [1.165, 1.54) is 19.2 Å². The lowest BCUT2D eigenvalue weighted by Crippen LogP contribution is -2.15. The number of carbonyl (C=O) groups is 1. The molecule has 1 N–H and O–H groups in total. The van der Waals surface area contributed by atoms with Crippen molar-refractivity contribution in [2.75, 3.05) is 27.7 Å². The van der Waals surface area contributed by atoms with E-state index in [-0.39, 0.29) is 16.3 Å². The molecule has 0 bridgehead atoms. The number of nitrogens with zero attached hydrogens (tertiary/aromatic N) is 1. The molecule has 0 aliphatic carbocycles. The number of H-pyrrole nitrogens is 1. The zero-order chi connectivity index (χ0) is 19.6. The molecule has 0 radical (unpaired) electrons. The standard InChI is InChI=1S/C20H20ClFN2O3/c1-24(2)10-9-12-11-23-14-5-4-6-15(17(12)14)27-20(25)13-7-8-16(26-3)18(21)19(13)22/h4-8,11,23H,9-10H2,1-3H3. The van der Waals surface area contributed by atoms with Crippen LogP contribution in [0.5, 0.6) is 11.5 Å². The topological polar surface area (TPSA) is 54.6 Å². The number of rotatable bonds is 6. The molecule has 3 aromatic rings. The predicted molar refractivity (Wildman–Crippen MR) is 103 cm³/mol. The predicted octanol–water partition coefficient (Wildman–Crippen LogP) is 4.29. The van der Waals surface area contributed by atoms with Crippen LogP contribution in [0.3, 0.4) is 0 Å². The van der Waals surface area contributed by atoms with E-state index < -0.39 is 11.8 Å². The van der Waals surface area contributed by atoms with Crippen molar-refractivity contribution < 1.29 is 18.7 Å². The second kappa shape index (κ2) is 7.98. The van der Waals surface area contributed by atoms with E-state index >= 15 is 0 Å². The van der Waals surface area contributed by atoms with Crippen LogP contribution in [0.25, 0.3) is 10.9 Å². The van der Waals surface area contributed by atoms with Crippen LogP contribution in [-0.4, -0.2) is 43.6 Å². The number of likely N-dealkylation sites (N-methyl/N-ethyl adjacent to an activating group) is 1. The maximum atomic E-state index is 14.4. The van der Waals surface area contributed by atoms with E-state index in [1.54, 1.807) is 12.1 Å². The van der Waals surface area contributed by atoms with Crippen LogP contribution in [-0.2, 0) is 6.42 Å². The average molecular weight is 391 g/mol. The molecule has 0 saturated heterocycles. The molecular weight excluding hydrogens is 371 g/mol. The lowest BCUT2D eigenvalue weighted by molar-refractivity contribution is 0.0732. The lowest BCUT2D eigenvalue weighted by atomic mass is 10.1. The van der Waals surface area contributed by atoms with Gasteiger partial charge in [0.2, 0.25) is 0 Å². The van der Waals surface area contributed by atoms with Gasteiger partial charge >= 0.3 is 5.97 Å². The first kappa shape index (κ1) is 19.2. The molecule has 0 amide bonds. The first-order chi connectivity index (χ1) is 12.9. The van der Waals surface area contributed by atoms with Crippen LogP contribution in [0.15, 0.2) is 36.5 Å². The van der Waals surface area contributed by atoms with Crippen molar-refractivity contribution in [3.8, 4) is 11.5 Å². The number of aromatic nitrogens is 1. The third-order valence-corrected chi connectivity index (χ3v) is 4.62. The summed E-state index contributed by atoms with van der Waals surface area (Å²) in [4.78, 5) is 17.8. The van der Waals surface area contributed by atoms with E-state index in [0.29, 0.717) is 5.75 Å². The number of hydrogen-bond donors (Lipinski definition) is 1. The largest absolute Gasteiger partial charge is 0.495 e. The van der Waals surface area contributed by atoms with Gasteiger partial charge in [-0.25, -0.2) is 9.18 Å². The van der Waals surface area contributed by atoms with Crippen molar-refractivity contribution in [2.45, 2.75) is 6.42 Å². The maximum absolute atomic E-state index is 14.4. The van der Waals surface area contributed by atoms with E-state index in [1.807, 2.05) is 26.4 Å². The summed E-state index contributed by atoms with van der Waals surface area (Å²) in [6, 6.07) is 8.09. The number of carbonyl (C=O) groups excluding carboxylic acids is 1. The number of aromatic amines is 1. The summed E-state index contributed by atoms with van der Waals surface area (Å²) in [5.41, 5.74) is 1.63. The highest BCUT2D eigenvalue weighted by molar-refractivity contribution is 6.32. The maximum Gasteiger partial charge on any atom is 0.346 e. The number of halogens is 2. The first-order valence-corrected chi connectivity index (χ1v) is 8.78. The number of methoxy groups -OCH3 is 1. The third kappa shape index (κ3) is 3.91. The van der Waals surface area contributed by atoms with Crippen molar-refractivity contribution in [3.05, 3.63) is 58.5 Å². The Labute approximate surface area is 161 Å². The lowest BCUT2D eigenvalue weighted by Gasteiger charge is -2.11. The number of benzene rings is 2. The molecule has 5 nitrogen and oxygen atoms in total. The highest BCUT2D eigenvalue weighted by atomic mass is 35.5. The van der Waals surface area contributed by atoms with Crippen molar-refractivity contribution in [2.24, 2.45) is 0 Å². The summed E-state index contributed by atoms with van der Waals surface area (Å²) in [5, 5.41) is 0.561. The fraction of sp³-hybridized carbons (Fsp3) is 0.250. The average Bonchev–Trinajstić information content (AvgIpc) is 3.06. The fourth-order valence-electron chi connectivity index (χ4n) is 2.85. The number of nitrogens with one attached hydrogen (secondary N) is 1. The van der Waals surface area contributed by atoms with Gasteiger partial charge in [0.15, 0.2) is 5.82 Å². The van der Waals surface area contributed by atoms with Crippen molar-refractivity contribution in [1.82, 2.24) is 9.88 Å². The Bertz CT molecular complexity index is 985. The van der Waals surface area contributed by atoms with Crippen LogP contribution in [0.4, 0.5) is 4.39 Å². The summed E-state index contributed by atoms with van der Waals surface area (Å²) >= 11 is 5.90. The molecule has 0 saturated carbocycles. The van der Waals surface area contributed by atoms with Crippen LogP contribution in [0.1, 0.15) is 15.9 Å². The monoisotopic (exact) mass is 390 g/mol. The Morgan fingerprint density at radius 3 is 2.70 bits per heavy atom. The van der Waals surface area contributed by atoms with Crippen LogP contribution < -0.4 is 9.47 Å².